The number of benzene rings is 1. The molecule has 0 saturated heterocycles. The van der Waals surface area contributed by atoms with Crippen molar-refractivity contribution in [2.24, 2.45) is 4.99 Å². The Morgan fingerprint density at radius 1 is 1.29 bits per heavy atom. The normalized spacial score (nSPS) is 10.6. The van der Waals surface area contributed by atoms with E-state index in [9.17, 15) is 15.5 Å². The molecule has 0 saturated carbocycles. The van der Waals surface area contributed by atoms with Gasteiger partial charge in [-0.2, -0.15) is 5.26 Å². The van der Waals surface area contributed by atoms with Gasteiger partial charge in [-0.15, -0.1) is 0 Å². The van der Waals surface area contributed by atoms with Crippen LogP contribution in [0.1, 0.15) is 22.4 Å². The Morgan fingerprint density at radius 2 is 1.96 bits per heavy atom. The Kier molecular flexibility index (Phi) is 5.35. The van der Waals surface area contributed by atoms with Gasteiger partial charge in [0.1, 0.15) is 11.8 Å². The number of aromatic hydroxyl groups is 1. The van der Waals surface area contributed by atoms with Crippen molar-refractivity contribution in [3.8, 4) is 23.3 Å². The highest BCUT2D eigenvalue weighted by Gasteiger charge is 2.12. The molecule has 0 spiro atoms. The summed E-state index contributed by atoms with van der Waals surface area (Å²) in [4.78, 5) is 8.25. The molecule has 2 N–H and O–H groups in total. The van der Waals surface area contributed by atoms with Crippen molar-refractivity contribution in [3.05, 3.63) is 40.7 Å². The average Bonchev–Trinajstić information content (AvgIpc) is 2.61. The van der Waals surface area contributed by atoms with E-state index in [4.69, 9.17) is 9.47 Å². The fourth-order valence-electron chi connectivity index (χ4n) is 2.12. The summed E-state index contributed by atoms with van der Waals surface area (Å²) in [5, 5.41) is 28.8. The molecule has 0 aliphatic carbocycles. The van der Waals surface area contributed by atoms with Crippen LogP contribution >= 0.6 is 0 Å². The number of nitrogens with zero attached hydrogens (tertiary/aromatic N) is 3. The number of aliphatic hydroxyl groups excluding tert-OH is 1. The smallest absolute Gasteiger partial charge is 0.162 e. The maximum atomic E-state index is 10.1. The number of aliphatic imine (C=N–C) groups is 1. The minimum atomic E-state index is -0.292. The first-order valence-electron chi connectivity index (χ1n) is 7.04. The Balaban J connectivity index is 2.54. The molecule has 1 aromatic heterocycles. The van der Waals surface area contributed by atoms with Crippen molar-refractivity contribution >= 4 is 11.9 Å². The van der Waals surface area contributed by atoms with E-state index in [1.807, 2.05) is 6.07 Å². The molecule has 0 fully saturated rings. The van der Waals surface area contributed by atoms with Crippen LogP contribution < -0.4 is 9.47 Å². The van der Waals surface area contributed by atoms with E-state index >= 15 is 0 Å². The van der Waals surface area contributed by atoms with Crippen LogP contribution in [0, 0.1) is 18.3 Å². The first kappa shape index (κ1) is 17.2. The lowest BCUT2D eigenvalue weighted by atomic mass is 10.1. The van der Waals surface area contributed by atoms with Crippen LogP contribution in [0.2, 0.25) is 0 Å². The van der Waals surface area contributed by atoms with Gasteiger partial charge in [0.2, 0.25) is 0 Å². The summed E-state index contributed by atoms with van der Waals surface area (Å²) in [6.07, 6.45) is 2.86. The molecular weight excluding hydrogens is 310 g/mol. The predicted octanol–water partition coefficient (Wildman–Crippen LogP) is 2.23. The Hall–Kier alpha value is -3.11. The lowest BCUT2D eigenvalue weighted by Crippen LogP contribution is -1.98. The second kappa shape index (κ2) is 7.44. The number of nitriles is 1. The summed E-state index contributed by atoms with van der Waals surface area (Å²) in [7, 11) is 2.96. The Labute approximate surface area is 139 Å². The number of hydrogen-bond acceptors (Lipinski definition) is 7. The van der Waals surface area contributed by atoms with Crippen molar-refractivity contribution in [1.82, 2.24) is 4.98 Å². The third kappa shape index (κ3) is 3.29. The number of aryl methyl sites for hydroxylation is 1. The summed E-state index contributed by atoms with van der Waals surface area (Å²) >= 11 is 0. The maximum Gasteiger partial charge on any atom is 0.162 e. The predicted molar refractivity (Wildman–Crippen MR) is 88.1 cm³/mol. The summed E-state index contributed by atoms with van der Waals surface area (Å²) in [5.41, 5.74) is 1.85. The number of aromatic nitrogens is 1. The monoisotopic (exact) mass is 327 g/mol. The van der Waals surface area contributed by atoms with E-state index in [-0.39, 0.29) is 12.4 Å². The minimum Gasteiger partial charge on any atom is -0.505 e. The van der Waals surface area contributed by atoms with Gasteiger partial charge in [0.25, 0.3) is 0 Å². The standard InChI is InChI=1S/C17H17N3O4/c1-10-17(22)13(12(9-21)7-19-10)8-20-14-5-16(24-3)15(23-2)4-11(14)6-18/h4-5,7-8,21-22H,9H2,1-3H3. The molecule has 1 heterocycles. The first-order chi connectivity index (χ1) is 11.5. The second-order valence-corrected chi connectivity index (χ2v) is 4.88. The highest BCUT2D eigenvalue weighted by molar-refractivity contribution is 5.88. The van der Waals surface area contributed by atoms with Gasteiger partial charge < -0.3 is 19.7 Å². The van der Waals surface area contributed by atoms with E-state index in [0.29, 0.717) is 39.6 Å². The largest absolute Gasteiger partial charge is 0.505 e. The van der Waals surface area contributed by atoms with Crippen LogP contribution in [-0.4, -0.2) is 35.6 Å². The second-order valence-electron chi connectivity index (χ2n) is 4.88. The molecule has 0 atom stereocenters. The molecule has 2 aromatic rings. The molecule has 0 radical (unpaired) electrons. The van der Waals surface area contributed by atoms with Gasteiger partial charge in [-0.25, -0.2) is 0 Å². The molecule has 7 heteroatoms. The van der Waals surface area contributed by atoms with Crippen molar-refractivity contribution in [3.63, 3.8) is 0 Å². The number of pyridine rings is 1. The van der Waals surface area contributed by atoms with Gasteiger partial charge in [-0.1, -0.05) is 0 Å². The summed E-state index contributed by atoms with van der Waals surface area (Å²) in [6, 6.07) is 5.13. The summed E-state index contributed by atoms with van der Waals surface area (Å²) in [5.74, 6) is 0.789. The SMILES string of the molecule is COc1cc(C#N)c(N=Cc2c(CO)cnc(C)c2O)cc1OC. The minimum absolute atomic E-state index is 0.0655. The van der Waals surface area contributed by atoms with Gasteiger partial charge in [0.15, 0.2) is 11.5 Å². The molecule has 0 unspecified atom stereocenters. The molecule has 124 valence electrons. The molecule has 24 heavy (non-hydrogen) atoms. The highest BCUT2D eigenvalue weighted by Crippen LogP contribution is 2.34. The molecular formula is C17H17N3O4. The van der Waals surface area contributed by atoms with Crippen LogP contribution in [0.4, 0.5) is 5.69 Å². The van der Waals surface area contributed by atoms with Crippen LogP contribution in [0.25, 0.3) is 0 Å². The summed E-state index contributed by atoms with van der Waals surface area (Å²) < 4.78 is 10.4. The number of hydrogen-bond donors (Lipinski definition) is 2. The van der Waals surface area contributed by atoms with Crippen LogP contribution in [0.3, 0.4) is 0 Å². The van der Waals surface area contributed by atoms with E-state index in [1.165, 1.54) is 32.7 Å². The summed E-state index contributed by atoms with van der Waals surface area (Å²) in [6.45, 7) is 1.35. The average molecular weight is 327 g/mol. The molecule has 1 aromatic carbocycles. The number of aliphatic hydroxyl groups is 1. The molecule has 0 bridgehead atoms. The van der Waals surface area contributed by atoms with E-state index in [2.05, 4.69) is 9.98 Å². The fourth-order valence-corrected chi connectivity index (χ4v) is 2.12. The van der Waals surface area contributed by atoms with Gasteiger partial charge in [-0.05, 0) is 6.92 Å². The first-order valence-corrected chi connectivity index (χ1v) is 7.04. The third-order valence-corrected chi connectivity index (χ3v) is 3.48. The highest BCUT2D eigenvalue weighted by atomic mass is 16.5. The fraction of sp³-hybridized carbons (Fsp3) is 0.235. The molecule has 0 aliphatic rings. The number of ether oxygens (including phenoxy) is 2. The number of methoxy groups -OCH3 is 2. The van der Waals surface area contributed by atoms with Crippen LogP contribution in [-0.2, 0) is 6.61 Å². The quantitative estimate of drug-likeness (QED) is 0.815. The molecule has 2 rings (SSSR count). The van der Waals surface area contributed by atoms with Crippen LogP contribution in [0.15, 0.2) is 23.3 Å². The zero-order chi connectivity index (χ0) is 17.7. The zero-order valence-electron chi connectivity index (χ0n) is 13.6. The van der Waals surface area contributed by atoms with Crippen molar-refractivity contribution in [2.75, 3.05) is 14.2 Å². The van der Waals surface area contributed by atoms with E-state index in [1.54, 1.807) is 13.0 Å². The topological polar surface area (TPSA) is 108 Å². The van der Waals surface area contributed by atoms with Gasteiger partial charge >= 0.3 is 0 Å². The maximum absolute atomic E-state index is 10.1. The van der Waals surface area contributed by atoms with E-state index < -0.39 is 0 Å². The Morgan fingerprint density at radius 3 is 2.54 bits per heavy atom. The molecule has 0 amide bonds. The van der Waals surface area contributed by atoms with Crippen molar-refractivity contribution in [1.29, 1.82) is 5.26 Å². The molecule has 7 nitrogen and oxygen atoms in total. The lowest BCUT2D eigenvalue weighted by molar-refractivity contribution is 0.280. The third-order valence-electron chi connectivity index (χ3n) is 3.48. The van der Waals surface area contributed by atoms with Crippen LogP contribution in [0.5, 0.6) is 17.2 Å². The van der Waals surface area contributed by atoms with Gasteiger partial charge in [0, 0.05) is 35.7 Å². The van der Waals surface area contributed by atoms with Crippen molar-refractivity contribution in [2.45, 2.75) is 13.5 Å². The lowest BCUT2D eigenvalue weighted by Gasteiger charge is -2.10. The number of rotatable bonds is 5. The van der Waals surface area contributed by atoms with Crippen molar-refractivity contribution < 1.29 is 19.7 Å². The Bertz CT molecular complexity index is 826. The zero-order valence-corrected chi connectivity index (χ0v) is 13.6. The van der Waals surface area contributed by atoms with E-state index in [0.717, 1.165) is 0 Å². The molecule has 0 aliphatic heterocycles. The van der Waals surface area contributed by atoms with Gasteiger partial charge in [-0.3, -0.25) is 9.98 Å². The van der Waals surface area contributed by atoms with Gasteiger partial charge in [0.05, 0.1) is 37.8 Å².